The molecule has 1 N–H and O–H groups in total. The molecule has 1 fully saturated rings. The van der Waals surface area contributed by atoms with Crippen molar-refractivity contribution in [2.45, 2.75) is 45.8 Å². The van der Waals surface area contributed by atoms with E-state index in [0.29, 0.717) is 32.1 Å². The molecule has 2 aliphatic rings. The monoisotopic (exact) mass is 416 g/mol. The van der Waals surface area contributed by atoms with Gasteiger partial charge in [-0.05, 0) is 50.8 Å². The van der Waals surface area contributed by atoms with Gasteiger partial charge in [0.05, 0.1) is 10.6 Å². The average Bonchev–Trinajstić information content (AvgIpc) is 3.09. The van der Waals surface area contributed by atoms with Gasteiger partial charge in [-0.15, -0.1) is 5.10 Å². The van der Waals surface area contributed by atoms with Crippen LogP contribution in [0.4, 0.5) is 4.79 Å². The number of carbonyl (C=O) groups is 1. The third-order valence-corrected chi connectivity index (χ3v) is 6.71. The molecular weight excluding hydrogens is 388 g/mol. The molecule has 2 atom stereocenters. The first-order chi connectivity index (χ1) is 14.0. The highest BCUT2D eigenvalue weighted by Crippen LogP contribution is 2.35. The van der Waals surface area contributed by atoms with E-state index in [-0.39, 0.29) is 17.5 Å². The van der Waals surface area contributed by atoms with Gasteiger partial charge in [0.15, 0.2) is 0 Å². The zero-order valence-corrected chi connectivity index (χ0v) is 18.0. The van der Waals surface area contributed by atoms with Gasteiger partial charge in [0.2, 0.25) is 0 Å². The van der Waals surface area contributed by atoms with Crippen LogP contribution in [0.3, 0.4) is 0 Å². The minimum atomic E-state index is 0.00379. The SMILES string of the molecule is CCNC(=O)N1C[C@@H]2C[C@H](C1)c1ccc(CN(C)Cc3snnc3C)c(=O)n1C2. The Morgan fingerprint density at radius 1 is 1.31 bits per heavy atom. The van der Waals surface area contributed by atoms with Crippen molar-refractivity contribution < 1.29 is 4.79 Å². The molecule has 2 aromatic heterocycles. The minimum Gasteiger partial charge on any atom is -0.338 e. The van der Waals surface area contributed by atoms with Gasteiger partial charge in [0.25, 0.3) is 5.56 Å². The number of aryl methyl sites for hydroxylation is 1. The molecule has 0 spiro atoms. The van der Waals surface area contributed by atoms with Crippen LogP contribution in [-0.4, -0.2) is 56.7 Å². The summed E-state index contributed by atoms with van der Waals surface area (Å²) in [4.78, 5) is 30.6. The molecule has 2 bridgehead atoms. The molecule has 156 valence electrons. The molecule has 9 heteroatoms. The van der Waals surface area contributed by atoms with E-state index < -0.39 is 0 Å². The molecule has 4 rings (SSSR count). The Balaban J connectivity index is 1.51. The molecule has 0 unspecified atom stereocenters. The first-order valence-corrected chi connectivity index (χ1v) is 10.9. The fourth-order valence-corrected chi connectivity index (χ4v) is 5.24. The molecule has 0 aromatic carbocycles. The fourth-order valence-electron chi connectivity index (χ4n) is 4.53. The molecule has 29 heavy (non-hydrogen) atoms. The van der Waals surface area contributed by atoms with Crippen molar-refractivity contribution in [3.8, 4) is 0 Å². The Morgan fingerprint density at radius 3 is 2.86 bits per heavy atom. The highest BCUT2D eigenvalue weighted by atomic mass is 32.1. The number of rotatable bonds is 5. The number of piperidine rings is 1. The molecule has 1 saturated heterocycles. The summed E-state index contributed by atoms with van der Waals surface area (Å²) in [5, 5.41) is 6.96. The van der Waals surface area contributed by atoms with Gasteiger partial charge >= 0.3 is 6.03 Å². The van der Waals surface area contributed by atoms with Gasteiger partial charge in [-0.2, -0.15) is 0 Å². The number of likely N-dealkylation sites (tertiary alicyclic amines) is 1. The lowest BCUT2D eigenvalue weighted by molar-refractivity contribution is 0.131. The zero-order valence-electron chi connectivity index (χ0n) is 17.2. The number of nitrogens with zero attached hydrogens (tertiary/aromatic N) is 5. The molecule has 0 radical (unpaired) electrons. The van der Waals surface area contributed by atoms with Crippen LogP contribution in [0.25, 0.3) is 0 Å². The lowest BCUT2D eigenvalue weighted by atomic mass is 9.83. The van der Waals surface area contributed by atoms with Gasteiger partial charge in [-0.3, -0.25) is 9.69 Å². The summed E-state index contributed by atoms with van der Waals surface area (Å²) in [6.07, 6.45) is 1.05. The van der Waals surface area contributed by atoms with Gasteiger partial charge in [-0.25, -0.2) is 4.79 Å². The smallest absolute Gasteiger partial charge is 0.317 e. The predicted molar refractivity (Wildman–Crippen MR) is 112 cm³/mol. The number of hydrogen-bond acceptors (Lipinski definition) is 6. The first-order valence-electron chi connectivity index (χ1n) is 10.2. The third-order valence-electron chi connectivity index (χ3n) is 5.90. The van der Waals surface area contributed by atoms with E-state index in [1.54, 1.807) is 0 Å². The van der Waals surface area contributed by atoms with E-state index in [9.17, 15) is 9.59 Å². The molecule has 0 saturated carbocycles. The number of fused-ring (bicyclic) bond motifs is 4. The van der Waals surface area contributed by atoms with Crippen LogP contribution >= 0.6 is 11.5 Å². The van der Waals surface area contributed by atoms with Gasteiger partial charge in [0.1, 0.15) is 0 Å². The number of carbonyl (C=O) groups excluding carboxylic acids is 1. The van der Waals surface area contributed by atoms with E-state index in [1.165, 1.54) is 11.5 Å². The Bertz CT molecular complexity index is 955. The lowest BCUT2D eigenvalue weighted by Gasteiger charge is -2.42. The maximum absolute atomic E-state index is 13.2. The Kier molecular flexibility index (Phi) is 5.69. The highest BCUT2D eigenvalue weighted by Gasteiger charge is 2.36. The Morgan fingerprint density at radius 2 is 2.14 bits per heavy atom. The van der Waals surface area contributed by atoms with Crippen molar-refractivity contribution in [3.05, 3.63) is 44.3 Å². The molecular formula is C20H28N6O2S. The van der Waals surface area contributed by atoms with Gasteiger partial charge < -0.3 is 14.8 Å². The summed E-state index contributed by atoms with van der Waals surface area (Å²) in [5.74, 6) is 0.566. The second kappa shape index (κ2) is 8.23. The van der Waals surface area contributed by atoms with Crippen molar-refractivity contribution in [3.63, 3.8) is 0 Å². The molecule has 4 heterocycles. The van der Waals surface area contributed by atoms with Crippen LogP contribution in [0.2, 0.25) is 0 Å². The fraction of sp³-hybridized carbons (Fsp3) is 0.600. The van der Waals surface area contributed by atoms with Crippen LogP contribution in [0.15, 0.2) is 16.9 Å². The van der Waals surface area contributed by atoms with Crippen molar-refractivity contribution in [1.82, 2.24) is 29.3 Å². The molecule has 2 aromatic rings. The molecule has 2 amide bonds. The maximum Gasteiger partial charge on any atom is 0.317 e. The van der Waals surface area contributed by atoms with E-state index in [4.69, 9.17) is 0 Å². The van der Waals surface area contributed by atoms with Crippen LogP contribution in [0.1, 0.15) is 41.1 Å². The number of nitrogens with one attached hydrogen (secondary N) is 1. The van der Waals surface area contributed by atoms with E-state index in [0.717, 1.165) is 41.3 Å². The number of amides is 2. The molecule has 2 aliphatic heterocycles. The number of aromatic nitrogens is 3. The number of urea groups is 1. The second-order valence-corrected chi connectivity index (χ2v) is 9.03. The second-order valence-electron chi connectivity index (χ2n) is 8.19. The van der Waals surface area contributed by atoms with Crippen molar-refractivity contribution in [2.24, 2.45) is 5.92 Å². The van der Waals surface area contributed by atoms with Crippen LogP contribution in [0, 0.1) is 12.8 Å². The average molecular weight is 417 g/mol. The quantitative estimate of drug-likeness (QED) is 0.803. The predicted octanol–water partition coefficient (Wildman–Crippen LogP) is 1.79. The summed E-state index contributed by atoms with van der Waals surface area (Å²) in [6.45, 7) is 7.94. The normalized spacial score (nSPS) is 20.6. The van der Waals surface area contributed by atoms with Crippen LogP contribution in [0.5, 0.6) is 0 Å². The van der Waals surface area contributed by atoms with Crippen molar-refractivity contribution in [1.29, 1.82) is 0 Å². The first kappa shape index (κ1) is 20.0. The number of hydrogen-bond donors (Lipinski definition) is 1. The van der Waals surface area contributed by atoms with Crippen LogP contribution in [-0.2, 0) is 19.6 Å². The van der Waals surface area contributed by atoms with Gasteiger partial charge in [-0.1, -0.05) is 10.6 Å². The van der Waals surface area contributed by atoms with E-state index >= 15 is 0 Å². The summed E-state index contributed by atoms with van der Waals surface area (Å²) >= 11 is 1.41. The summed E-state index contributed by atoms with van der Waals surface area (Å²) in [7, 11) is 2.02. The number of pyridine rings is 1. The summed E-state index contributed by atoms with van der Waals surface area (Å²) < 4.78 is 5.94. The van der Waals surface area contributed by atoms with Gasteiger partial charge in [0, 0.05) is 56.4 Å². The van der Waals surface area contributed by atoms with Crippen molar-refractivity contribution >= 4 is 17.6 Å². The Hall–Kier alpha value is -2.26. The minimum absolute atomic E-state index is 0.00379. The highest BCUT2D eigenvalue weighted by molar-refractivity contribution is 7.05. The largest absolute Gasteiger partial charge is 0.338 e. The van der Waals surface area contributed by atoms with E-state index in [1.807, 2.05) is 36.4 Å². The standard InChI is InChI=1S/C20H28N6O2S/c1-4-21-20(28)25-8-14-7-16(11-25)17-6-5-15(19(27)26(17)9-14)10-24(3)12-18-13(2)22-23-29-18/h5-6,14,16H,4,7-12H2,1-3H3,(H,21,28)/t14-,16+/m0/s1. The van der Waals surface area contributed by atoms with Crippen LogP contribution < -0.4 is 10.9 Å². The molecule has 8 nitrogen and oxygen atoms in total. The summed E-state index contributed by atoms with van der Waals surface area (Å²) in [6, 6.07) is 4.06. The third kappa shape index (κ3) is 4.06. The Labute approximate surface area is 174 Å². The van der Waals surface area contributed by atoms with Crippen molar-refractivity contribution in [2.75, 3.05) is 26.7 Å². The lowest BCUT2D eigenvalue weighted by Crippen LogP contribution is -2.52. The summed E-state index contributed by atoms with van der Waals surface area (Å²) in [5.41, 5.74) is 2.93. The topological polar surface area (TPSA) is 83.4 Å². The zero-order chi connectivity index (χ0) is 20.5. The maximum atomic E-state index is 13.2. The molecule has 0 aliphatic carbocycles. The van der Waals surface area contributed by atoms with E-state index in [2.05, 4.69) is 25.9 Å².